The molecule has 0 spiro atoms. The van der Waals surface area contributed by atoms with Crippen molar-refractivity contribution in [3.05, 3.63) is 10.9 Å². The Morgan fingerprint density at radius 3 is 2.90 bits per heavy atom. The Morgan fingerprint density at radius 2 is 2.24 bits per heavy atom. The minimum absolute atomic E-state index is 0.322. The molecule has 0 aliphatic rings. The number of anilines is 2. The minimum Gasteiger partial charge on any atom is -0.467 e. The van der Waals surface area contributed by atoms with E-state index >= 15 is 0 Å². The highest BCUT2D eigenvalue weighted by molar-refractivity contribution is 7.18. The first-order chi connectivity index (χ1) is 10.0. The van der Waals surface area contributed by atoms with Gasteiger partial charge in [-0.1, -0.05) is 6.92 Å². The van der Waals surface area contributed by atoms with Gasteiger partial charge in [0.05, 0.1) is 12.5 Å². The van der Waals surface area contributed by atoms with Crippen LogP contribution in [0.5, 0.6) is 0 Å². The van der Waals surface area contributed by atoms with Crippen LogP contribution < -0.4 is 10.6 Å². The third-order valence-electron chi connectivity index (χ3n) is 2.96. The SMILES string of the molecule is CCCNc1nc(NC(C)C(=O)OC)c2cc(C)sc2n1. The van der Waals surface area contributed by atoms with Gasteiger partial charge in [0.25, 0.3) is 0 Å². The van der Waals surface area contributed by atoms with Gasteiger partial charge in [0.2, 0.25) is 5.95 Å². The largest absolute Gasteiger partial charge is 0.467 e. The van der Waals surface area contributed by atoms with Gasteiger partial charge in [-0.2, -0.15) is 4.98 Å². The highest BCUT2D eigenvalue weighted by Crippen LogP contribution is 2.30. The number of aromatic nitrogens is 2. The van der Waals surface area contributed by atoms with E-state index in [2.05, 4.69) is 27.5 Å². The van der Waals surface area contributed by atoms with Crippen molar-refractivity contribution in [2.75, 3.05) is 24.3 Å². The van der Waals surface area contributed by atoms with Crippen LogP contribution in [0, 0.1) is 6.92 Å². The Balaban J connectivity index is 2.36. The van der Waals surface area contributed by atoms with Crippen LogP contribution in [0.4, 0.5) is 11.8 Å². The lowest BCUT2D eigenvalue weighted by atomic mass is 10.3. The Bertz CT molecular complexity index is 641. The minimum atomic E-state index is -0.465. The molecule has 2 heterocycles. The number of aryl methyl sites for hydroxylation is 1. The molecule has 0 bridgehead atoms. The van der Waals surface area contributed by atoms with Crippen molar-refractivity contribution in [1.82, 2.24) is 9.97 Å². The maximum absolute atomic E-state index is 11.6. The molecule has 1 atom stereocenters. The van der Waals surface area contributed by atoms with Crippen molar-refractivity contribution in [1.29, 1.82) is 0 Å². The molecule has 1 unspecified atom stereocenters. The summed E-state index contributed by atoms with van der Waals surface area (Å²) in [6.45, 7) is 6.67. The van der Waals surface area contributed by atoms with Crippen LogP contribution in [-0.2, 0) is 9.53 Å². The monoisotopic (exact) mass is 308 g/mol. The van der Waals surface area contributed by atoms with Crippen LogP contribution >= 0.6 is 11.3 Å². The molecule has 6 nitrogen and oxygen atoms in total. The van der Waals surface area contributed by atoms with Crippen molar-refractivity contribution in [3.63, 3.8) is 0 Å². The average Bonchev–Trinajstić information content (AvgIpc) is 2.84. The van der Waals surface area contributed by atoms with Gasteiger partial charge in [-0.25, -0.2) is 9.78 Å². The van der Waals surface area contributed by atoms with Crippen molar-refractivity contribution >= 4 is 39.3 Å². The van der Waals surface area contributed by atoms with Crippen LogP contribution in [0.2, 0.25) is 0 Å². The van der Waals surface area contributed by atoms with E-state index in [0.29, 0.717) is 11.8 Å². The second-order valence-corrected chi connectivity index (χ2v) is 6.02. The molecule has 7 heteroatoms. The summed E-state index contributed by atoms with van der Waals surface area (Å²) in [6, 6.07) is 1.56. The number of ether oxygens (including phenoxy) is 1. The summed E-state index contributed by atoms with van der Waals surface area (Å²) in [7, 11) is 1.37. The number of hydrogen-bond donors (Lipinski definition) is 2. The topological polar surface area (TPSA) is 76.1 Å². The third-order valence-corrected chi connectivity index (χ3v) is 3.90. The number of fused-ring (bicyclic) bond motifs is 1. The molecule has 0 saturated heterocycles. The molecule has 0 aliphatic heterocycles. The van der Waals surface area contributed by atoms with Crippen LogP contribution in [0.25, 0.3) is 10.2 Å². The lowest BCUT2D eigenvalue weighted by Gasteiger charge is -2.14. The smallest absolute Gasteiger partial charge is 0.328 e. The molecule has 0 radical (unpaired) electrons. The first kappa shape index (κ1) is 15.5. The van der Waals surface area contributed by atoms with Gasteiger partial charge >= 0.3 is 5.97 Å². The van der Waals surface area contributed by atoms with E-state index in [1.807, 2.05) is 13.0 Å². The van der Waals surface area contributed by atoms with Crippen molar-refractivity contribution < 1.29 is 9.53 Å². The molecule has 0 aromatic carbocycles. The van der Waals surface area contributed by atoms with E-state index in [4.69, 9.17) is 4.74 Å². The number of rotatable bonds is 6. The van der Waals surface area contributed by atoms with Gasteiger partial charge < -0.3 is 15.4 Å². The van der Waals surface area contributed by atoms with E-state index in [1.54, 1.807) is 18.3 Å². The summed E-state index contributed by atoms with van der Waals surface area (Å²) in [5.74, 6) is 0.906. The van der Waals surface area contributed by atoms with Gasteiger partial charge in [0.1, 0.15) is 16.7 Å². The van der Waals surface area contributed by atoms with Crippen LogP contribution in [0.3, 0.4) is 0 Å². The summed E-state index contributed by atoms with van der Waals surface area (Å²) in [4.78, 5) is 22.6. The van der Waals surface area contributed by atoms with E-state index < -0.39 is 6.04 Å². The molecule has 114 valence electrons. The standard InChI is InChI=1S/C14H20N4O2S/c1-5-6-15-14-17-11(16-9(3)13(19)20-4)10-7-8(2)21-12(10)18-14/h7,9H,5-6H2,1-4H3,(H2,15,16,17,18). The van der Waals surface area contributed by atoms with Crippen LogP contribution in [0.1, 0.15) is 25.1 Å². The summed E-state index contributed by atoms with van der Waals surface area (Å²) >= 11 is 1.61. The predicted molar refractivity (Wildman–Crippen MR) is 86.0 cm³/mol. The van der Waals surface area contributed by atoms with Gasteiger partial charge in [-0.15, -0.1) is 11.3 Å². The molecule has 0 saturated carbocycles. The summed E-state index contributed by atoms with van der Waals surface area (Å²) in [5.41, 5.74) is 0. The fraction of sp³-hybridized carbons (Fsp3) is 0.500. The van der Waals surface area contributed by atoms with Crippen LogP contribution in [0.15, 0.2) is 6.07 Å². The van der Waals surface area contributed by atoms with Gasteiger partial charge in [-0.05, 0) is 26.3 Å². The first-order valence-corrected chi connectivity index (χ1v) is 7.73. The first-order valence-electron chi connectivity index (χ1n) is 6.91. The zero-order chi connectivity index (χ0) is 15.4. The number of thiophene rings is 1. The van der Waals surface area contributed by atoms with E-state index in [9.17, 15) is 4.79 Å². The molecule has 2 N–H and O–H groups in total. The van der Waals surface area contributed by atoms with Crippen LogP contribution in [-0.4, -0.2) is 35.6 Å². The van der Waals surface area contributed by atoms with Gasteiger partial charge in [-0.3, -0.25) is 0 Å². The number of carbonyl (C=O) groups excluding carboxylic acids is 1. The van der Waals surface area contributed by atoms with Crippen molar-refractivity contribution in [2.24, 2.45) is 0 Å². The number of hydrogen-bond acceptors (Lipinski definition) is 7. The van der Waals surface area contributed by atoms with Gasteiger partial charge in [0.15, 0.2) is 0 Å². The zero-order valence-electron chi connectivity index (χ0n) is 12.7. The molecule has 21 heavy (non-hydrogen) atoms. The Morgan fingerprint density at radius 1 is 1.48 bits per heavy atom. The maximum atomic E-state index is 11.6. The maximum Gasteiger partial charge on any atom is 0.328 e. The second-order valence-electron chi connectivity index (χ2n) is 4.79. The molecule has 0 aliphatic carbocycles. The highest BCUT2D eigenvalue weighted by atomic mass is 32.1. The number of nitrogens with zero attached hydrogens (tertiary/aromatic N) is 2. The lowest BCUT2D eigenvalue weighted by Crippen LogP contribution is -2.27. The average molecular weight is 308 g/mol. The molecular weight excluding hydrogens is 288 g/mol. The third kappa shape index (κ3) is 3.60. The number of methoxy groups -OCH3 is 1. The molecule has 0 amide bonds. The Kier molecular flexibility index (Phi) is 4.95. The fourth-order valence-corrected chi connectivity index (χ4v) is 2.79. The Labute approximate surface area is 127 Å². The normalized spacial score (nSPS) is 12.2. The molecule has 0 fully saturated rings. The summed E-state index contributed by atoms with van der Waals surface area (Å²) in [5, 5.41) is 7.21. The van der Waals surface area contributed by atoms with E-state index in [1.165, 1.54) is 7.11 Å². The predicted octanol–water partition coefficient (Wildman–Crippen LogP) is 2.80. The summed E-state index contributed by atoms with van der Waals surface area (Å²) in [6.07, 6.45) is 0.992. The van der Waals surface area contributed by atoms with Crippen molar-refractivity contribution in [2.45, 2.75) is 33.2 Å². The highest BCUT2D eigenvalue weighted by Gasteiger charge is 2.17. The summed E-state index contributed by atoms with van der Waals surface area (Å²) < 4.78 is 4.74. The fourth-order valence-electron chi connectivity index (χ4n) is 1.91. The number of nitrogens with one attached hydrogen (secondary N) is 2. The zero-order valence-corrected chi connectivity index (χ0v) is 13.5. The number of carbonyl (C=O) groups is 1. The number of esters is 1. The molecule has 2 aromatic heterocycles. The van der Waals surface area contributed by atoms with Gasteiger partial charge in [0, 0.05) is 11.4 Å². The second kappa shape index (κ2) is 6.71. The Hall–Kier alpha value is -1.89. The van der Waals surface area contributed by atoms with Crippen molar-refractivity contribution in [3.8, 4) is 0 Å². The van der Waals surface area contributed by atoms with E-state index in [0.717, 1.165) is 28.1 Å². The molecule has 2 rings (SSSR count). The molecule has 2 aromatic rings. The molecular formula is C14H20N4O2S. The lowest BCUT2D eigenvalue weighted by molar-refractivity contribution is -0.141. The quantitative estimate of drug-likeness (QED) is 0.799. The van der Waals surface area contributed by atoms with E-state index in [-0.39, 0.29) is 5.97 Å².